The lowest BCUT2D eigenvalue weighted by atomic mass is 9.79. The molecule has 0 aromatic heterocycles. The van der Waals surface area contributed by atoms with E-state index in [1.807, 2.05) is 4.90 Å². The molecule has 0 saturated carbocycles. The number of rotatable bonds is 2. The summed E-state index contributed by atoms with van der Waals surface area (Å²) in [7, 11) is 0. The molecule has 2 aliphatic rings. The maximum absolute atomic E-state index is 12.7. The largest absolute Gasteiger partial charge is 0.381 e. The molecule has 4 heteroatoms. The van der Waals surface area contributed by atoms with Crippen molar-refractivity contribution in [3.63, 3.8) is 0 Å². The molecule has 1 amide bonds. The van der Waals surface area contributed by atoms with Gasteiger partial charge in [0.05, 0.1) is 6.07 Å². The smallest absolute Gasteiger partial charge is 0.243 e. The molecule has 1 atom stereocenters. The zero-order valence-corrected chi connectivity index (χ0v) is 11.2. The Morgan fingerprint density at radius 3 is 2.78 bits per heavy atom. The molecule has 0 radical (unpaired) electrons. The predicted molar refractivity (Wildman–Crippen MR) is 67.7 cm³/mol. The first-order valence-electron chi connectivity index (χ1n) is 7.03. The van der Waals surface area contributed by atoms with Crippen LogP contribution in [-0.4, -0.2) is 36.6 Å². The number of likely N-dealkylation sites (tertiary alicyclic amines) is 1. The van der Waals surface area contributed by atoms with Crippen molar-refractivity contribution in [2.45, 2.75) is 51.5 Å². The first-order valence-corrected chi connectivity index (χ1v) is 7.03. The Balaban J connectivity index is 2.15. The third-order valence-corrected chi connectivity index (χ3v) is 4.33. The highest BCUT2D eigenvalue weighted by Crippen LogP contribution is 2.34. The van der Waals surface area contributed by atoms with E-state index < -0.39 is 5.41 Å². The van der Waals surface area contributed by atoms with Crippen molar-refractivity contribution in [2.75, 3.05) is 19.8 Å². The third kappa shape index (κ3) is 2.37. The highest BCUT2D eigenvalue weighted by molar-refractivity contribution is 5.86. The van der Waals surface area contributed by atoms with Crippen LogP contribution in [0.25, 0.3) is 0 Å². The fourth-order valence-corrected chi connectivity index (χ4v) is 3.06. The van der Waals surface area contributed by atoms with Gasteiger partial charge in [0.2, 0.25) is 5.91 Å². The average molecular weight is 250 g/mol. The quantitative estimate of drug-likeness (QED) is 0.754. The van der Waals surface area contributed by atoms with Gasteiger partial charge in [-0.25, -0.2) is 0 Å². The Bertz CT molecular complexity index is 342. The Kier molecular flexibility index (Phi) is 4.23. The highest BCUT2D eigenvalue weighted by Gasteiger charge is 2.44. The normalized spacial score (nSPS) is 27.6. The van der Waals surface area contributed by atoms with Crippen LogP contribution in [0.2, 0.25) is 0 Å². The number of amides is 1. The lowest BCUT2D eigenvalue weighted by Crippen LogP contribution is -2.51. The van der Waals surface area contributed by atoms with Gasteiger partial charge < -0.3 is 9.64 Å². The van der Waals surface area contributed by atoms with Gasteiger partial charge in [0.15, 0.2) is 0 Å². The van der Waals surface area contributed by atoms with Gasteiger partial charge in [-0.1, -0.05) is 6.92 Å². The summed E-state index contributed by atoms with van der Waals surface area (Å²) in [6.07, 6.45) is 5.44. The van der Waals surface area contributed by atoms with Crippen LogP contribution >= 0.6 is 0 Å². The van der Waals surface area contributed by atoms with Crippen molar-refractivity contribution >= 4 is 5.91 Å². The zero-order chi connectivity index (χ0) is 13.0. The summed E-state index contributed by atoms with van der Waals surface area (Å²) in [4.78, 5) is 14.7. The maximum atomic E-state index is 12.7. The van der Waals surface area contributed by atoms with Gasteiger partial charge in [-0.15, -0.1) is 0 Å². The molecule has 0 N–H and O–H groups in total. The van der Waals surface area contributed by atoms with Gasteiger partial charge in [-0.2, -0.15) is 5.26 Å². The fraction of sp³-hybridized carbons (Fsp3) is 0.857. The minimum Gasteiger partial charge on any atom is -0.381 e. The Morgan fingerprint density at radius 2 is 2.17 bits per heavy atom. The second-order valence-electron chi connectivity index (χ2n) is 5.36. The average Bonchev–Trinajstić information content (AvgIpc) is 2.47. The highest BCUT2D eigenvalue weighted by atomic mass is 16.5. The molecule has 2 saturated heterocycles. The summed E-state index contributed by atoms with van der Waals surface area (Å²) in [6.45, 7) is 4.01. The summed E-state index contributed by atoms with van der Waals surface area (Å²) in [5, 5.41) is 9.45. The van der Waals surface area contributed by atoms with Crippen LogP contribution in [-0.2, 0) is 9.53 Å². The Labute approximate surface area is 109 Å². The number of carbonyl (C=O) groups excluding carboxylic acids is 1. The monoisotopic (exact) mass is 250 g/mol. The molecule has 0 aromatic carbocycles. The first-order chi connectivity index (χ1) is 8.73. The van der Waals surface area contributed by atoms with Crippen LogP contribution in [0, 0.1) is 16.7 Å². The summed E-state index contributed by atoms with van der Waals surface area (Å²) in [6, 6.07) is 2.62. The van der Waals surface area contributed by atoms with Crippen LogP contribution in [0.3, 0.4) is 0 Å². The van der Waals surface area contributed by atoms with Gasteiger partial charge in [0.1, 0.15) is 5.41 Å². The van der Waals surface area contributed by atoms with Crippen molar-refractivity contribution in [2.24, 2.45) is 5.41 Å². The van der Waals surface area contributed by atoms with E-state index in [9.17, 15) is 10.1 Å². The standard InChI is InChI=1S/C14H22N2O2/c1-2-12-5-3-4-8-16(12)13(17)14(11-15)6-9-18-10-7-14/h12H,2-10H2,1H3. The molecular formula is C14H22N2O2. The maximum Gasteiger partial charge on any atom is 0.243 e. The number of hydrogen-bond donors (Lipinski definition) is 0. The first kappa shape index (κ1) is 13.4. The molecule has 2 fully saturated rings. The second kappa shape index (κ2) is 5.71. The van der Waals surface area contributed by atoms with E-state index in [-0.39, 0.29) is 5.91 Å². The minimum absolute atomic E-state index is 0.0554. The van der Waals surface area contributed by atoms with E-state index in [2.05, 4.69) is 13.0 Å². The van der Waals surface area contributed by atoms with E-state index in [4.69, 9.17) is 4.74 Å². The van der Waals surface area contributed by atoms with Gasteiger partial charge in [-0.05, 0) is 38.5 Å². The van der Waals surface area contributed by atoms with Crippen LogP contribution < -0.4 is 0 Å². The van der Waals surface area contributed by atoms with E-state index >= 15 is 0 Å². The number of nitrogens with zero attached hydrogens (tertiary/aromatic N) is 2. The van der Waals surface area contributed by atoms with Crippen molar-refractivity contribution < 1.29 is 9.53 Å². The van der Waals surface area contributed by atoms with Crippen molar-refractivity contribution in [3.8, 4) is 6.07 Å². The van der Waals surface area contributed by atoms with E-state index in [1.165, 1.54) is 6.42 Å². The van der Waals surface area contributed by atoms with Crippen LogP contribution in [0.15, 0.2) is 0 Å². The van der Waals surface area contributed by atoms with Gasteiger partial charge >= 0.3 is 0 Å². The molecule has 0 spiro atoms. The molecule has 2 rings (SSSR count). The van der Waals surface area contributed by atoms with Gasteiger partial charge in [0, 0.05) is 25.8 Å². The molecule has 2 aliphatic heterocycles. The Hall–Kier alpha value is -1.08. The van der Waals surface area contributed by atoms with Crippen molar-refractivity contribution in [1.82, 2.24) is 4.90 Å². The molecular weight excluding hydrogens is 228 g/mol. The molecule has 0 aromatic rings. The minimum atomic E-state index is -0.816. The second-order valence-corrected chi connectivity index (χ2v) is 5.36. The van der Waals surface area contributed by atoms with Gasteiger partial charge in [-0.3, -0.25) is 4.79 Å². The number of carbonyl (C=O) groups is 1. The molecule has 2 heterocycles. The summed E-state index contributed by atoms with van der Waals surface area (Å²) < 4.78 is 5.30. The third-order valence-electron chi connectivity index (χ3n) is 4.33. The van der Waals surface area contributed by atoms with Crippen LogP contribution in [0.5, 0.6) is 0 Å². The van der Waals surface area contributed by atoms with Crippen molar-refractivity contribution in [3.05, 3.63) is 0 Å². The lowest BCUT2D eigenvalue weighted by molar-refractivity contribution is -0.147. The molecule has 18 heavy (non-hydrogen) atoms. The number of nitriles is 1. The molecule has 1 unspecified atom stereocenters. The predicted octanol–water partition coefficient (Wildman–Crippen LogP) is 2.10. The summed E-state index contributed by atoms with van der Waals surface area (Å²) >= 11 is 0. The van der Waals surface area contributed by atoms with E-state index in [0.717, 1.165) is 25.8 Å². The summed E-state index contributed by atoms with van der Waals surface area (Å²) in [5.74, 6) is 0.0554. The SMILES string of the molecule is CCC1CCCCN1C(=O)C1(C#N)CCOCC1. The van der Waals surface area contributed by atoms with E-state index in [1.54, 1.807) is 0 Å². The van der Waals surface area contributed by atoms with Crippen LogP contribution in [0.4, 0.5) is 0 Å². The molecule has 4 nitrogen and oxygen atoms in total. The number of piperidine rings is 1. The topological polar surface area (TPSA) is 53.3 Å². The van der Waals surface area contributed by atoms with E-state index in [0.29, 0.717) is 32.1 Å². The van der Waals surface area contributed by atoms with Gasteiger partial charge in [0.25, 0.3) is 0 Å². The Morgan fingerprint density at radius 1 is 1.44 bits per heavy atom. The van der Waals surface area contributed by atoms with Crippen LogP contribution in [0.1, 0.15) is 45.4 Å². The van der Waals surface area contributed by atoms with Crippen molar-refractivity contribution in [1.29, 1.82) is 5.26 Å². The summed E-state index contributed by atoms with van der Waals surface area (Å²) in [5.41, 5.74) is -0.816. The molecule has 100 valence electrons. The molecule has 0 bridgehead atoms. The molecule has 0 aliphatic carbocycles. The number of hydrogen-bond acceptors (Lipinski definition) is 3. The fourth-order valence-electron chi connectivity index (χ4n) is 3.06. The lowest BCUT2D eigenvalue weighted by Gasteiger charge is -2.41. The zero-order valence-electron chi connectivity index (χ0n) is 11.2. The number of ether oxygens (including phenoxy) is 1.